The second-order valence-corrected chi connectivity index (χ2v) is 5.46. The predicted molar refractivity (Wildman–Crippen MR) is 75.5 cm³/mol. The molecule has 2 aliphatic rings. The molecule has 98 valence electrons. The first-order valence-electron chi connectivity index (χ1n) is 7.11. The Morgan fingerprint density at radius 3 is 2.89 bits per heavy atom. The van der Waals surface area contributed by atoms with Crippen molar-refractivity contribution in [3.8, 4) is 5.75 Å². The van der Waals surface area contributed by atoms with Gasteiger partial charge in [-0.25, -0.2) is 0 Å². The van der Waals surface area contributed by atoms with Crippen LogP contribution in [0.4, 0.5) is 11.4 Å². The van der Waals surface area contributed by atoms with Gasteiger partial charge in [-0.1, -0.05) is 13.0 Å². The van der Waals surface area contributed by atoms with Crippen molar-refractivity contribution in [3.05, 3.63) is 18.2 Å². The van der Waals surface area contributed by atoms with E-state index in [1.165, 1.54) is 31.4 Å². The fourth-order valence-corrected chi connectivity index (χ4v) is 2.90. The van der Waals surface area contributed by atoms with Crippen molar-refractivity contribution in [3.63, 3.8) is 0 Å². The third kappa shape index (κ3) is 2.02. The zero-order valence-corrected chi connectivity index (χ0v) is 11.1. The van der Waals surface area contributed by atoms with Crippen LogP contribution in [0.2, 0.25) is 0 Å². The first kappa shape index (κ1) is 11.7. The van der Waals surface area contributed by atoms with Crippen LogP contribution in [-0.2, 0) is 0 Å². The maximum Gasteiger partial charge on any atom is 0.144 e. The number of fused-ring (bicyclic) bond motifs is 1. The molecule has 1 heterocycles. The Bertz CT molecular complexity index is 427. The Morgan fingerprint density at radius 2 is 2.17 bits per heavy atom. The van der Waals surface area contributed by atoms with E-state index in [1.54, 1.807) is 0 Å². The SMILES string of the molecule is CCCOc1cccc2c1NCCC1(CCC1)N2. The summed E-state index contributed by atoms with van der Waals surface area (Å²) in [5, 5.41) is 7.29. The molecule has 3 nitrogen and oxygen atoms in total. The van der Waals surface area contributed by atoms with E-state index in [-0.39, 0.29) is 0 Å². The van der Waals surface area contributed by atoms with Gasteiger partial charge < -0.3 is 15.4 Å². The van der Waals surface area contributed by atoms with Crippen molar-refractivity contribution < 1.29 is 4.74 Å². The van der Waals surface area contributed by atoms with Gasteiger partial charge in [0, 0.05) is 12.1 Å². The smallest absolute Gasteiger partial charge is 0.144 e. The minimum atomic E-state index is 0.349. The van der Waals surface area contributed by atoms with Gasteiger partial charge in [0.2, 0.25) is 0 Å². The van der Waals surface area contributed by atoms with E-state index in [4.69, 9.17) is 4.74 Å². The van der Waals surface area contributed by atoms with E-state index in [9.17, 15) is 0 Å². The monoisotopic (exact) mass is 246 g/mol. The minimum absolute atomic E-state index is 0.349. The maximum absolute atomic E-state index is 5.83. The summed E-state index contributed by atoms with van der Waals surface area (Å²) in [6.45, 7) is 3.95. The molecule has 2 N–H and O–H groups in total. The van der Waals surface area contributed by atoms with E-state index >= 15 is 0 Å². The highest BCUT2D eigenvalue weighted by molar-refractivity contribution is 5.77. The van der Waals surface area contributed by atoms with Crippen molar-refractivity contribution in [2.45, 2.75) is 44.6 Å². The lowest BCUT2D eigenvalue weighted by Gasteiger charge is -2.42. The third-order valence-corrected chi connectivity index (χ3v) is 4.10. The standard InChI is InChI=1S/C15H22N2O/c1-2-11-18-13-6-3-5-12-14(13)16-10-9-15(17-12)7-4-8-15/h3,5-6,16-17H,2,4,7-11H2,1H3. The first-order chi connectivity index (χ1) is 8.83. The van der Waals surface area contributed by atoms with Crippen LogP contribution in [0.1, 0.15) is 39.0 Å². The quantitative estimate of drug-likeness (QED) is 0.854. The summed E-state index contributed by atoms with van der Waals surface area (Å²) in [7, 11) is 0. The highest BCUT2D eigenvalue weighted by Gasteiger charge is 2.38. The lowest BCUT2D eigenvalue weighted by Crippen LogP contribution is -2.45. The number of nitrogens with one attached hydrogen (secondary N) is 2. The lowest BCUT2D eigenvalue weighted by molar-refractivity contribution is 0.268. The summed E-state index contributed by atoms with van der Waals surface area (Å²) < 4.78 is 5.83. The summed E-state index contributed by atoms with van der Waals surface area (Å²) in [6, 6.07) is 6.30. The van der Waals surface area contributed by atoms with Gasteiger partial charge in [0.1, 0.15) is 11.4 Å². The summed E-state index contributed by atoms with van der Waals surface area (Å²) in [6.07, 6.45) is 6.20. The summed E-state index contributed by atoms with van der Waals surface area (Å²) in [5.74, 6) is 0.984. The van der Waals surface area contributed by atoms with Gasteiger partial charge in [0.05, 0.1) is 12.3 Å². The third-order valence-electron chi connectivity index (χ3n) is 4.10. The largest absolute Gasteiger partial charge is 0.491 e. The average Bonchev–Trinajstić information content (AvgIpc) is 2.55. The fourth-order valence-electron chi connectivity index (χ4n) is 2.90. The second kappa shape index (κ2) is 4.71. The Balaban J connectivity index is 1.86. The molecular weight excluding hydrogens is 224 g/mol. The van der Waals surface area contributed by atoms with Crippen LogP contribution in [0, 0.1) is 0 Å². The number of hydrogen-bond acceptors (Lipinski definition) is 3. The molecule has 3 heteroatoms. The molecule has 1 saturated carbocycles. The van der Waals surface area contributed by atoms with Crippen LogP contribution >= 0.6 is 0 Å². The van der Waals surface area contributed by atoms with Crippen LogP contribution in [0.5, 0.6) is 5.75 Å². The van der Waals surface area contributed by atoms with E-state index < -0.39 is 0 Å². The molecule has 0 atom stereocenters. The molecule has 18 heavy (non-hydrogen) atoms. The number of para-hydroxylation sites is 1. The summed E-state index contributed by atoms with van der Waals surface area (Å²) in [4.78, 5) is 0. The normalized spacial score (nSPS) is 20.1. The van der Waals surface area contributed by atoms with E-state index in [1.807, 2.05) is 0 Å². The number of hydrogen-bond donors (Lipinski definition) is 2. The molecule has 0 saturated heterocycles. The zero-order valence-electron chi connectivity index (χ0n) is 11.1. The second-order valence-electron chi connectivity index (χ2n) is 5.46. The fraction of sp³-hybridized carbons (Fsp3) is 0.600. The van der Waals surface area contributed by atoms with Gasteiger partial charge in [-0.3, -0.25) is 0 Å². The topological polar surface area (TPSA) is 33.3 Å². The van der Waals surface area contributed by atoms with Gasteiger partial charge in [0.25, 0.3) is 0 Å². The van der Waals surface area contributed by atoms with Crippen molar-refractivity contribution in [2.24, 2.45) is 0 Å². The molecule has 3 rings (SSSR count). The summed E-state index contributed by atoms with van der Waals surface area (Å²) in [5.41, 5.74) is 2.71. The number of anilines is 2. The minimum Gasteiger partial charge on any atom is -0.491 e. The molecule has 0 radical (unpaired) electrons. The molecule has 1 aromatic carbocycles. The highest BCUT2D eigenvalue weighted by atomic mass is 16.5. The number of rotatable bonds is 3. The van der Waals surface area contributed by atoms with Crippen molar-refractivity contribution >= 4 is 11.4 Å². The highest BCUT2D eigenvalue weighted by Crippen LogP contribution is 2.44. The molecule has 0 unspecified atom stereocenters. The molecule has 0 aromatic heterocycles. The van der Waals surface area contributed by atoms with Crippen LogP contribution < -0.4 is 15.4 Å². The van der Waals surface area contributed by atoms with E-state index in [0.717, 1.165) is 31.0 Å². The van der Waals surface area contributed by atoms with Gasteiger partial charge in [-0.2, -0.15) is 0 Å². The van der Waals surface area contributed by atoms with Gasteiger partial charge >= 0.3 is 0 Å². The van der Waals surface area contributed by atoms with E-state index in [0.29, 0.717) is 5.54 Å². The maximum atomic E-state index is 5.83. The zero-order chi connectivity index (χ0) is 12.4. The average molecular weight is 246 g/mol. The van der Waals surface area contributed by atoms with Crippen LogP contribution in [-0.4, -0.2) is 18.7 Å². The van der Waals surface area contributed by atoms with Gasteiger partial charge in [-0.05, 0) is 44.2 Å². The summed E-state index contributed by atoms with van der Waals surface area (Å²) >= 11 is 0. The molecule has 0 bridgehead atoms. The Hall–Kier alpha value is -1.38. The molecule has 1 spiro atoms. The molecule has 1 aliphatic carbocycles. The first-order valence-corrected chi connectivity index (χ1v) is 7.11. The number of ether oxygens (including phenoxy) is 1. The van der Waals surface area contributed by atoms with Crippen LogP contribution in [0.25, 0.3) is 0 Å². The van der Waals surface area contributed by atoms with Crippen LogP contribution in [0.15, 0.2) is 18.2 Å². The Labute approximate surface area is 109 Å². The lowest BCUT2D eigenvalue weighted by atomic mass is 9.74. The Morgan fingerprint density at radius 1 is 1.28 bits per heavy atom. The Kier molecular flexibility index (Phi) is 3.06. The molecular formula is C15H22N2O. The van der Waals surface area contributed by atoms with Crippen LogP contribution in [0.3, 0.4) is 0 Å². The van der Waals surface area contributed by atoms with Crippen molar-refractivity contribution in [1.29, 1.82) is 0 Å². The van der Waals surface area contributed by atoms with Crippen molar-refractivity contribution in [2.75, 3.05) is 23.8 Å². The van der Waals surface area contributed by atoms with Gasteiger partial charge in [0.15, 0.2) is 0 Å². The molecule has 0 amide bonds. The van der Waals surface area contributed by atoms with Crippen molar-refractivity contribution in [1.82, 2.24) is 0 Å². The predicted octanol–water partition coefficient (Wildman–Crippen LogP) is 3.63. The number of benzene rings is 1. The molecule has 1 fully saturated rings. The van der Waals surface area contributed by atoms with E-state index in [2.05, 4.69) is 35.8 Å². The molecule has 1 aliphatic heterocycles. The van der Waals surface area contributed by atoms with Gasteiger partial charge in [-0.15, -0.1) is 0 Å². The molecule has 1 aromatic rings.